The highest BCUT2D eigenvalue weighted by Gasteiger charge is 2.27. The lowest BCUT2D eigenvalue weighted by Crippen LogP contribution is -2.36. The smallest absolute Gasteiger partial charge is 0.306 e. The normalized spacial score (nSPS) is 20.4. The first-order valence-electron chi connectivity index (χ1n) is 7.15. The largest absolute Gasteiger partial charge is 0.459 e. The van der Waals surface area contributed by atoms with E-state index in [1.165, 1.54) is 19.3 Å². The number of hydrogen-bond donors (Lipinski definition) is 2. The molecule has 2 unspecified atom stereocenters. The van der Waals surface area contributed by atoms with Gasteiger partial charge >= 0.3 is 5.97 Å². The lowest BCUT2D eigenvalue weighted by molar-refractivity contribution is -0.158. The van der Waals surface area contributed by atoms with E-state index < -0.39 is 12.2 Å². The van der Waals surface area contributed by atoms with Crippen LogP contribution in [-0.4, -0.2) is 35.0 Å². The molecule has 0 heterocycles. The number of esters is 1. The fourth-order valence-corrected chi connectivity index (χ4v) is 2.58. The van der Waals surface area contributed by atoms with E-state index in [0.717, 1.165) is 19.3 Å². The summed E-state index contributed by atoms with van der Waals surface area (Å²) in [6.45, 7) is 1.57. The Balaban J connectivity index is 2.46. The summed E-state index contributed by atoms with van der Waals surface area (Å²) in [6, 6.07) is 0. The highest BCUT2D eigenvalue weighted by atomic mass is 16.6. The molecule has 0 aromatic heterocycles. The van der Waals surface area contributed by atoms with Crippen LogP contribution >= 0.6 is 0 Å². The van der Waals surface area contributed by atoms with Crippen molar-refractivity contribution < 1.29 is 19.7 Å². The molecule has 0 aromatic carbocycles. The van der Waals surface area contributed by atoms with Crippen molar-refractivity contribution in [1.82, 2.24) is 0 Å². The number of aliphatic hydroxyl groups is 2. The quantitative estimate of drug-likeness (QED) is 0.686. The van der Waals surface area contributed by atoms with Gasteiger partial charge in [-0.2, -0.15) is 0 Å². The first-order valence-corrected chi connectivity index (χ1v) is 7.15. The molecule has 4 nitrogen and oxygen atoms in total. The topological polar surface area (TPSA) is 66.8 Å². The van der Waals surface area contributed by atoms with Gasteiger partial charge in [0.05, 0.1) is 6.61 Å². The third kappa shape index (κ3) is 5.36. The van der Waals surface area contributed by atoms with Crippen LogP contribution in [0.25, 0.3) is 0 Å². The van der Waals surface area contributed by atoms with Gasteiger partial charge in [-0.15, -0.1) is 0 Å². The molecule has 1 rings (SSSR count). The Morgan fingerprint density at radius 1 is 1.33 bits per heavy atom. The van der Waals surface area contributed by atoms with Crippen LogP contribution in [0, 0.1) is 5.92 Å². The van der Waals surface area contributed by atoms with Gasteiger partial charge in [0, 0.05) is 6.42 Å². The number of ether oxygens (including phenoxy) is 1. The van der Waals surface area contributed by atoms with Gasteiger partial charge in [-0.05, 0) is 18.8 Å². The predicted octanol–water partition coefficient (Wildman–Crippen LogP) is 2.02. The standard InChI is InChI=1S/C14H26O4/c1-2-6-14(17)18-13(12(16)10-15)9-11-7-4-3-5-8-11/h11-13,15-16H,2-10H2,1H3. The first-order chi connectivity index (χ1) is 8.67. The molecule has 4 heteroatoms. The Morgan fingerprint density at radius 2 is 2.00 bits per heavy atom. The van der Waals surface area contributed by atoms with Crippen molar-refractivity contribution in [2.45, 2.75) is 70.5 Å². The summed E-state index contributed by atoms with van der Waals surface area (Å²) in [5.74, 6) is 0.241. The molecule has 0 saturated heterocycles. The van der Waals surface area contributed by atoms with Crippen LogP contribution < -0.4 is 0 Å². The van der Waals surface area contributed by atoms with E-state index in [-0.39, 0.29) is 12.6 Å². The van der Waals surface area contributed by atoms with Crippen molar-refractivity contribution in [3.8, 4) is 0 Å². The second kappa shape index (κ2) is 8.48. The van der Waals surface area contributed by atoms with Crippen LogP contribution in [0.5, 0.6) is 0 Å². The Kier molecular flexibility index (Phi) is 7.28. The molecule has 1 fully saturated rings. The van der Waals surface area contributed by atoms with Crippen molar-refractivity contribution in [3.05, 3.63) is 0 Å². The molecule has 0 aliphatic heterocycles. The molecule has 1 aliphatic carbocycles. The van der Waals surface area contributed by atoms with Gasteiger partial charge in [0.15, 0.2) is 0 Å². The van der Waals surface area contributed by atoms with Gasteiger partial charge in [-0.3, -0.25) is 4.79 Å². The van der Waals surface area contributed by atoms with Gasteiger partial charge < -0.3 is 14.9 Å². The average molecular weight is 258 g/mol. The molecule has 1 aliphatic rings. The molecule has 0 radical (unpaired) electrons. The van der Waals surface area contributed by atoms with E-state index in [9.17, 15) is 9.90 Å². The summed E-state index contributed by atoms with van der Waals surface area (Å²) in [6.07, 6.45) is 6.29. The van der Waals surface area contributed by atoms with Crippen LogP contribution in [0.2, 0.25) is 0 Å². The molecule has 2 atom stereocenters. The summed E-state index contributed by atoms with van der Waals surface area (Å²) in [5.41, 5.74) is 0. The molecule has 0 bridgehead atoms. The molecule has 106 valence electrons. The summed E-state index contributed by atoms with van der Waals surface area (Å²) >= 11 is 0. The average Bonchev–Trinajstić information content (AvgIpc) is 2.38. The third-order valence-electron chi connectivity index (χ3n) is 3.64. The lowest BCUT2D eigenvalue weighted by atomic mass is 9.84. The third-order valence-corrected chi connectivity index (χ3v) is 3.64. The van der Waals surface area contributed by atoms with Crippen LogP contribution in [0.4, 0.5) is 0 Å². The van der Waals surface area contributed by atoms with Crippen molar-refractivity contribution >= 4 is 5.97 Å². The van der Waals surface area contributed by atoms with Gasteiger partial charge in [-0.1, -0.05) is 39.0 Å². The molecular formula is C14H26O4. The van der Waals surface area contributed by atoms with Gasteiger partial charge in [-0.25, -0.2) is 0 Å². The zero-order valence-corrected chi connectivity index (χ0v) is 11.3. The summed E-state index contributed by atoms with van der Waals surface area (Å²) < 4.78 is 5.30. The molecule has 2 N–H and O–H groups in total. The van der Waals surface area contributed by atoms with Crippen LogP contribution in [0.15, 0.2) is 0 Å². The maximum absolute atomic E-state index is 11.5. The van der Waals surface area contributed by atoms with Crippen molar-refractivity contribution in [2.24, 2.45) is 5.92 Å². The van der Waals surface area contributed by atoms with E-state index in [4.69, 9.17) is 9.84 Å². The molecule has 0 spiro atoms. The van der Waals surface area contributed by atoms with Crippen LogP contribution in [0.1, 0.15) is 58.3 Å². The second-order valence-corrected chi connectivity index (χ2v) is 5.27. The highest BCUT2D eigenvalue weighted by Crippen LogP contribution is 2.29. The number of hydrogen-bond acceptors (Lipinski definition) is 4. The number of carbonyl (C=O) groups excluding carboxylic acids is 1. The van der Waals surface area contributed by atoms with Crippen LogP contribution in [-0.2, 0) is 9.53 Å². The van der Waals surface area contributed by atoms with Crippen molar-refractivity contribution in [3.63, 3.8) is 0 Å². The van der Waals surface area contributed by atoms with E-state index in [1.807, 2.05) is 6.92 Å². The molecular weight excluding hydrogens is 232 g/mol. The van der Waals surface area contributed by atoms with Crippen LogP contribution in [0.3, 0.4) is 0 Å². The Hall–Kier alpha value is -0.610. The maximum Gasteiger partial charge on any atom is 0.306 e. The number of rotatable bonds is 7. The monoisotopic (exact) mass is 258 g/mol. The van der Waals surface area contributed by atoms with E-state index >= 15 is 0 Å². The van der Waals surface area contributed by atoms with E-state index in [1.54, 1.807) is 0 Å². The fourth-order valence-electron chi connectivity index (χ4n) is 2.58. The Bertz CT molecular complexity index is 236. The molecule has 18 heavy (non-hydrogen) atoms. The number of carbonyl (C=O) groups is 1. The van der Waals surface area contributed by atoms with Crippen molar-refractivity contribution in [1.29, 1.82) is 0 Å². The predicted molar refractivity (Wildman–Crippen MR) is 69.1 cm³/mol. The maximum atomic E-state index is 11.5. The minimum Gasteiger partial charge on any atom is -0.459 e. The van der Waals surface area contributed by atoms with Gasteiger partial charge in [0.25, 0.3) is 0 Å². The summed E-state index contributed by atoms with van der Waals surface area (Å²) in [4.78, 5) is 11.5. The highest BCUT2D eigenvalue weighted by molar-refractivity contribution is 5.69. The van der Waals surface area contributed by atoms with Gasteiger partial charge in [0.1, 0.15) is 12.2 Å². The zero-order chi connectivity index (χ0) is 13.4. The number of aliphatic hydroxyl groups excluding tert-OH is 2. The van der Waals surface area contributed by atoms with Crippen molar-refractivity contribution in [2.75, 3.05) is 6.61 Å². The minimum atomic E-state index is -0.951. The second-order valence-electron chi connectivity index (χ2n) is 5.27. The van der Waals surface area contributed by atoms with E-state index in [2.05, 4.69) is 0 Å². The molecule has 0 amide bonds. The Morgan fingerprint density at radius 3 is 2.56 bits per heavy atom. The summed E-state index contributed by atoms with van der Waals surface area (Å²) in [5, 5.41) is 18.8. The van der Waals surface area contributed by atoms with E-state index in [0.29, 0.717) is 18.8 Å². The zero-order valence-electron chi connectivity index (χ0n) is 11.3. The Labute approximate surface area is 109 Å². The first kappa shape index (κ1) is 15.4. The molecule has 1 saturated carbocycles. The SMILES string of the molecule is CCCC(=O)OC(CC1CCCCC1)C(O)CO. The fraction of sp³-hybridized carbons (Fsp3) is 0.929. The summed E-state index contributed by atoms with van der Waals surface area (Å²) in [7, 11) is 0. The lowest BCUT2D eigenvalue weighted by Gasteiger charge is -2.28. The molecule has 0 aromatic rings. The van der Waals surface area contributed by atoms with Gasteiger partial charge in [0.2, 0.25) is 0 Å². The minimum absolute atomic E-state index is 0.272.